The molecule has 24 heavy (non-hydrogen) atoms. The van der Waals surface area contributed by atoms with Gasteiger partial charge in [0.1, 0.15) is 0 Å². The predicted molar refractivity (Wildman–Crippen MR) is 97.9 cm³/mol. The molecular formula is C18H18Cl2N2O2. The highest BCUT2D eigenvalue weighted by atomic mass is 35.5. The number of Topliss-reactive ketones (excluding diaryl/α,β-unsaturated/α-hetero) is 1. The summed E-state index contributed by atoms with van der Waals surface area (Å²) in [5.74, 6) is -0.288. The largest absolute Gasteiger partial charge is 0.324 e. The van der Waals surface area contributed by atoms with Crippen LogP contribution in [0.5, 0.6) is 0 Å². The van der Waals surface area contributed by atoms with Crippen LogP contribution in [0.15, 0.2) is 42.5 Å². The summed E-state index contributed by atoms with van der Waals surface area (Å²) in [6.45, 7) is 2.16. The Labute approximate surface area is 151 Å². The molecule has 1 amide bonds. The highest BCUT2D eigenvalue weighted by molar-refractivity contribution is 6.35. The van der Waals surface area contributed by atoms with Crippen LogP contribution in [0.25, 0.3) is 0 Å². The van der Waals surface area contributed by atoms with Gasteiger partial charge in [0.25, 0.3) is 0 Å². The average molecular weight is 365 g/mol. The topological polar surface area (TPSA) is 49.4 Å². The van der Waals surface area contributed by atoms with Crippen molar-refractivity contribution in [1.82, 2.24) is 4.90 Å². The average Bonchev–Trinajstić information content (AvgIpc) is 2.50. The molecule has 0 aromatic heterocycles. The second-order valence-electron chi connectivity index (χ2n) is 5.56. The van der Waals surface area contributed by atoms with E-state index in [2.05, 4.69) is 5.32 Å². The number of carbonyl (C=O) groups excluding carboxylic acids is 2. The zero-order valence-corrected chi connectivity index (χ0v) is 15.0. The Bertz CT molecular complexity index is 762. The molecule has 0 radical (unpaired) electrons. The van der Waals surface area contributed by atoms with E-state index in [4.69, 9.17) is 23.2 Å². The number of hydrogen-bond acceptors (Lipinski definition) is 3. The van der Waals surface area contributed by atoms with Crippen molar-refractivity contribution in [2.45, 2.75) is 13.5 Å². The molecule has 0 saturated heterocycles. The van der Waals surface area contributed by atoms with E-state index in [9.17, 15) is 9.59 Å². The standard InChI is InChI=1S/C18H18Cl2N2O2/c1-12(23)15-5-3-4-6-17(15)21-18(24)11-22(2)10-13-7-8-14(19)9-16(13)20/h3-9H,10-11H2,1-2H3,(H,21,24). The first-order valence-electron chi connectivity index (χ1n) is 7.39. The number of hydrogen-bond donors (Lipinski definition) is 1. The maximum absolute atomic E-state index is 12.2. The van der Waals surface area contributed by atoms with Crippen LogP contribution in [0.3, 0.4) is 0 Å². The molecule has 0 heterocycles. The summed E-state index contributed by atoms with van der Waals surface area (Å²) in [6.07, 6.45) is 0. The molecule has 4 nitrogen and oxygen atoms in total. The monoisotopic (exact) mass is 364 g/mol. The second-order valence-corrected chi connectivity index (χ2v) is 6.40. The summed E-state index contributed by atoms with van der Waals surface area (Å²) in [5.41, 5.74) is 1.91. The number of nitrogens with zero attached hydrogens (tertiary/aromatic N) is 1. The van der Waals surface area contributed by atoms with Gasteiger partial charge in [-0.05, 0) is 43.8 Å². The predicted octanol–water partition coefficient (Wildman–Crippen LogP) is 4.27. The van der Waals surface area contributed by atoms with E-state index in [1.54, 1.807) is 36.4 Å². The van der Waals surface area contributed by atoms with Gasteiger partial charge < -0.3 is 5.32 Å². The highest BCUT2D eigenvalue weighted by Crippen LogP contribution is 2.22. The Kier molecular flexibility index (Phi) is 6.37. The summed E-state index contributed by atoms with van der Waals surface area (Å²) in [7, 11) is 1.82. The number of ketones is 1. The number of nitrogens with one attached hydrogen (secondary N) is 1. The molecule has 0 bridgehead atoms. The summed E-state index contributed by atoms with van der Waals surface area (Å²) in [5, 5.41) is 3.92. The highest BCUT2D eigenvalue weighted by Gasteiger charge is 2.12. The first-order chi connectivity index (χ1) is 11.4. The Morgan fingerprint density at radius 1 is 1.12 bits per heavy atom. The van der Waals surface area contributed by atoms with Crippen LogP contribution in [0.2, 0.25) is 10.0 Å². The molecule has 0 spiro atoms. The van der Waals surface area contributed by atoms with Gasteiger partial charge in [-0.2, -0.15) is 0 Å². The van der Waals surface area contributed by atoms with E-state index in [0.717, 1.165) is 5.56 Å². The van der Waals surface area contributed by atoms with Gasteiger partial charge in [0.2, 0.25) is 5.91 Å². The third-order valence-electron chi connectivity index (χ3n) is 3.45. The minimum atomic E-state index is -0.198. The van der Waals surface area contributed by atoms with Crippen molar-refractivity contribution in [2.24, 2.45) is 0 Å². The van der Waals surface area contributed by atoms with Crippen LogP contribution in [0.4, 0.5) is 5.69 Å². The molecule has 126 valence electrons. The molecule has 0 aliphatic heterocycles. The van der Waals surface area contributed by atoms with Crippen molar-refractivity contribution >= 4 is 40.6 Å². The first kappa shape index (κ1) is 18.5. The van der Waals surface area contributed by atoms with Gasteiger partial charge in [-0.1, -0.05) is 41.4 Å². The Hall–Kier alpha value is -1.88. The molecule has 0 fully saturated rings. The fourth-order valence-electron chi connectivity index (χ4n) is 2.33. The van der Waals surface area contributed by atoms with E-state index in [-0.39, 0.29) is 18.2 Å². The van der Waals surface area contributed by atoms with Crippen LogP contribution in [-0.4, -0.2) is 30.2 Å². The van der Waals surface area contributed by atoms with Gasteiger partial charge in [-0.25, -0.2) is 0 Å². The number of amides is 1. The van der Waals surface area contributed by atoms with Crippen molar-refractivity contribution in [1.29, 1.82) is 0 Å². The summed E-state index contributed by atoms with van der Waals surface area (Å²) in [6, 6.07) is 12.2. The molecule has 0 unspecified atom stereocenters. The zero-order chi connectivity index (χ0) is 17.7. The maximum Gasteiger partial charge on any atom is 0.238 e. The molecule has 0 aliphatic rings. The number of likely N-dealkylation sites (N-methyl/N-ethyl adjacent to an activating group) is 1. The second kappa shape index (κ2) is 8.29. The minimum absolute atomic E-state index is 0.0906. The van der Waals surface area contributed by atoms with Gasteiger partial charge in [0, 0.05) is 22.2 Å². The van der Waals surface area contributed by atoms with Crippen LogP contribution in [0.1, 0.15) is 22.8 Å². The lowest BCUT2D eigenvalue weighted by molar-refractivity contribution is -0.117. The quantitative estimate of drug-likeness (QED) is 0.778. The molecule has 2 aromatic carbocycles. The lowest BCUT2D eigenvalue weighted by atomic mass is 10.1. The SMILES string of the molecule is CC(=O)c1ccccc1NC(=O)CN(C)Cc1ccc(Cl)cc1Cl. The number of benzene rings is 2. The maximum atomic E-state index is 12.2. The van der Waals surface area contributed by atoms with Crippen LogP contribution >= 0.6 is 23.2 Å². The molecule has 6 heteroatoms. The Morgan fingerprint density at radius 3 is 2.50 bits per heavy atom. The van der Waals surface area contributed by atoms with E-state index < -0.39 is 0 Å². The number of anilines is 1. The number of para-hydroxylation sites is 1. The molecular weight excluding hydrogens is 347 g/mol. The lowest BCUT2D eigenvalue weighted by Gasteiger charge is -2.18. The lowest BCUT2D eigenvalue weighted by Crippen LogP contribution is -2.30. The van der Waals surface area contributed by atoms with E-state index in [1.807, 2.05) is 18.0 Å². The van der Waals surface area contributed by atoms with Gasteiger partial charge >= 0.3 is 0 Å². The van der Waals surface area contributed by atoms with Gasteiger partial charge in [-0.15, -0.1) is 0 Å². The van der Waals surface area contributed by atoms with E-state index >= 15 is 0 Å². The van der Waals surface area contributed by atoms with Crippen molar-refractivity contribution < 1.29 is 9.59 Å². The van der Waals surface area contributed by atoms with Crippen LogP contribution < -0.4 is 5.32 Å². The van der Waals surface area contributed by atoms with E-state index in [0.29, 0.717) is 27.8 Å². The smallest absolute Gasteiger partial charge is 0.238 e. The number of rotatable bonds is 6. The fourth-order valence-corrected chi connectivity index (χ4v) is 2.80. The summed E-state index contributed by atoms with van der Waals surface area (Å²) < 4.78 is 0. The van der Waals surface area contributed by atoms with Crippen LogP contribution in [0, 0.1) is 0 Å². The third kappa shape index (κ3) is 5.06. The summed E-state index contributed by atoms with van der Waals surface area (Å²) in [4.78, 5) is 25.6. The molecule has 0 saturated carbocycles. The van der Waals surface area contributed by atoms with Gasteiger partial charge in [0.05, 0.1) is 12.2 Å². The zero-order valence-electron chi connectivity index (χ0n) is 13.5. The normalized spacial score (nSPS) is 10.7. The molecule has 0 atom stereocenters. The van der Waals surface area contributed by atoms with Crippen molar-refractivity contribution in [3.05, 3.63) is 63.6 Å². The third-order valence-corrected chi connectivity index (χ3v) is 4.04. The van der Waals surface area contributed by atoms with Crippen molar-refractivity contribution in [3.8, 4) is 0 Å². The Morgan fingerprint density at radius 2 is 1.83 bits per heavy atom. The number of carbonyl (C=O) groups is 2. The number of halogens is 2. The van der Waals surface area contributed by atoms with Crippen molar-refractivity contribution in [2.75, 3.05) is 18.9 Å². The van der Waals surface area contributed by atoms with Gasteiger partial charge in [-0.3, -0.25) is 14.5 Å². The van der Waals surface area contributed by atoms with E-state index in [1.165, 1.54) is 6.92 Å². The molecule has 2 aromatic rings. The fraction of sp³-hybridized carbons (Fsp3) is 0.222. The van der Waals surface area contributed by atoms with Crippen LogP contribution in [-0.2, 0) is 11.3 Å². The van der Waals surface area contributed by atoms with Gasteiger partial charge in [0.15, 0.2) is 5.78 Å². The first-order valence-corrected chi connectivity index (χ1v) is 8.14. The molecule has 1 N–H and O–H groups in total. The molecule has 2 rings (SSSR count). The molecule has 0 aliphatic carbocycles. The Balaban J connectivity index is 1.98. The summed E-state index contributed by atoms with van der Waals surface area (Å²) >= 11 is 12.0. The van der Waals surface area contributed by atoms with Crippen molar-refractivity contribution in [3.63, 3.8) is 0 Å². The minimum Gasteiger partial charge on any atom is -0.324 e.